The second-order valence-electron chi connectivity index (χ2n) is 8.29. The SMILES string of the molecule is Cc1cc(C)c(S(=O)(=O)C2CCN(c3nc(-c4ccccc4C)cs3)CC2)c(C)c1. The lowest BCUT2D eigenvalue weighted by Crippen LogP contribution is -2.39. The highest BCUT2D eigenvalue weighted by Crippen LogP contribution is 2.34. The highest BCUT2D eigenvalue weighted by atomic mass is 32.2. The summed E-state index contributed by atoms with van der Waals surface area (Å²) in [5.41, 5.74) is 6.18. The zero-order chi connectivity index (χ0) is 21.5. The molecule has 3 aromatic rings. The molecule has 1 aromatic heterocycles. The molecule has 1 fully saturated rings. The van der Waals surface area contributed by atoms with Gasteiger partial charge in [0.1, 0.15) is 0 Å². The number of aryl methyl sites for hydroxylation is 4. The van der Waals surface area contributed by atoms with E-state index in [2.05, 4.69) is 29.3 Å². The van der Waals surface area contributed by atoms with Gasteiger partial charge in [-0.1, -0.05) is 42.0 Å². The molecule has 30 heavy (non-hydrogen) atoms. The minimum absolute atomic E-state index is 0.329. The predicted molar refractivity (Wildman–Crippen MR) is 125 cm³/mol. The van der Waals surface area contributed by atoms with E-state index in [0.717, 1.165) is 33.1 Å². The molecule has 0 spiro atoms. The Balaban J connectivity index is 1.50. The molecule has 2 heterocycles. The van der Waals surface area contributed by atoms with Crippen LogP contribution in [0.5, 0.6) is 0 Å². The lowest BCUT2D eigenvalue weighted by atomic mass is 10.1. The molecule has 0 aliphatic carbocycles. The van der Waals surface area contributed by atoms with Crippen LogP contribution in [0.1, 0.15) is 35.1 Å². The number of piperidine rings is 1. The molecular formula is C24H28N2O2S2. The molecule has 1 aliphatic heterocycles. The molecule has 0 bridgehead atoms. The van der Waals surface area contributed by atoms with Crippen molar-refractivity contribution in [1.82, 2.24) is 4.98 Å². The van der Waals surface area contributed by atoms with Crippen molar-refractivity contribution < 1.29 is 8.42 Å². The van der Waals surface area contributed by atoms with Crippen LogP contribution in [0.2, 0.25) is 0 Å². The van der Waals surface area contributed by atoms with Gasteiger partial charge in [0.25, 0.3) is 0 Å². The molecule has 0 amide bonds. The maximum Gasteiger partial charge on any atom is 0.185 e. The summed E-state index contributed by atoms with van der Waals surface area (Å²) in [4.78, 5) is 7.60. The molecule has 1 aliphatic rings. The zero-order valence-electron chi connectivity index (χ0n) is 18.0. The Bertz CT molecular complexity index is 1150. The van der Waals surface area contributed by atoms with Gasteiger partial charge in [-0.25, -0.2) is 13.4 Å². The van der Waals surface area contributed by atoms with Crippen LogP contribution in [-0.4, -0.2) is 31.7 Å². The van der Waals surface area contributed by atoms with Crippen molar-refractivity contribution in [2.75, 3.05) is 18.0 Å². The first kappa shape index (κ1) is 21.1. The molecule has 0 atom stereocenters. The third-order valence-corrected chi connectivity index (χ3v) is 9.42. The van der Waals surface area contributed by atoms with Gasteiger partial charge in [-0.05, 0) is 57.2 Å². The second kappa shape index (κ2) is 8.16. The quantitative estimate of drug-likeness (QED) is 0.538. The van der Waals surface area contributed by atoms with E-state index in [0.29, 0.717) is 30.8 Å². The monoisotopic (exact) mass is 440 g/mol. The van der Waals surface area contributed by atoms with Gasteiger partial charge in [0.05, 0.1) is 15.8 Å². The smallest absolute Gasteiger partial charge is 0.185 e. The Morgan fingerprint density at radius 1 is 0.967 bits per heavy atom. The standard InChI is InChI=1S/C24H28N2O2S2/c1-16-13-18(3)23(19(4)14-16)30(27,28)20-9-11-26(12-10-20)24-25-22(15-29-24)21-8-6-5-7-17(21)2/h5-8,13-15,20H,9-12H2,1-4H3. The minimum atomic E-state index is -3.33. The van der Waals surface area contributed by atoms with Gasteiger partial charge in [0.15, 0.2) is 15.0 Å². The van der Waals surface area contributed by atoms with Crippen LogP contribution in [0, 0.1) is 27.7 Å². The highest BCUT2D eigenvalue weighted by molar-refractivity contribution is 7.92. The van der Waals surface area contributed by atoms with Crippen LogP contribution in [0.15, 0.2) is 46.7 Å². The average Bonchev–Trinajstić information content (AvgIpc) is 3.17. The second-order valence-corrected chi connectivity index (χ2v) is 11.3. The molecule has 4 rings (SSSR count). The van der Waals surface area contributed by atoms with E-state index in [-0.39, 0.29) is 5.25 Å². The largest absolute Gasteiger partial charge is 0.348 e. The van der Waals surface area contributed by atoms with E-state index >= 15 is 0 Å². The minimum Gasteiger partial charge on any atom is -0.348 e. The third-order valence-electron chi connectivity index (χ3n) is 5.95. The van der Waals surface area contributed by atoms with E-state index in [1.54, 1.807) is 11.3 Å². The fraction of sp³-hybridized carbons (Fsp3) is 0.375. The van der Waals surface area contributed by atoms with Crippen LogP contribution < -0.4 is 4.90 Å². The summed E-state index contributed by atoms with van der Waals surface area (Å²) in [6, 6.07) is 12.2. The van der Waals surface area contributed by atoms with E-state index in [9.17, 15) is 8.42 Å². The lowest BCUT2D eigenvalue weighted by Gasteiger charge is -2.32. The van der Waals surface area contributed by atoms with Gasteiger partial charge in [-0.15, -0.1) is 11.3 Å². The summed E-state index contributed by atoms with van der Waals surface area (Å²) >= 11 is 1.64. The molecule has 0 N–H and O–H groups in total. The molecule has 158 valence electrons. The number of aromatic nitrogens is 1. The highest BCUT2D eigenvalue weighted by Gasteiger charge is 2.34. The van der Waals surface area contributed by atoms with Gasteiger partial charge in [0.2, 0.25) is 0 Å². The van der Waals surface area contributed by atoms with Crippen LogP contribution >= 0.6 is 11.3 Å². The van der Waals surface area contributed by atoms with Crippen LogP contribution in [0.3, 0.4) is 0 Å². The number of nitrogens with zero attached hydrogens (tertiary/aromatic N) is 2. The molecular weight excluding hydrogens is 412 g/mol. The topological polar surface area (TPSA) is 50.3 Å². The van der Waals surface area contributed by atoms with Crippen molar-refractivity contribution in [2.24, 2.45) is 0 Å². The number of anilines is 1. The number of hydrogen-bond acceptors (Lipinski definition) is 5. The summed E-state index contributed by atoms with van der Waals surface area (Å²) in [5.74, 6) is 0. The first-order chi connectivity index (χ1) is 14.3. The maximum atomic E-state index is 13.4. The first-order valence-corrected chi connectivity index (χ1v) is 12.8. The van der Waals surface area contributed by atoms with Crippen molar-refractivity contribution in [3.8, 4) is 11.3 Å². The number of hydrogen-bond donors (Lipinski definition) is 0. The molecule has 1 saturated heterocycles. The van der Waals surface area contributed by atoms with Crippen molar-refractivity contribution in [2.45, 2.75) is 50.7 Å². The van der Waals surface area contributed by atoms with Crippen molar-refractivity contribution in [1.29, 1.82) is 0 Å². The van der Waals surface area contributed by atoms with Crippen LogP contribution in [0.4, 0.5) is 5.13 Å². The Kier molecular flexibility index (Phi) is 5.73. The molecule has 0 radical (unpaired) electrons. The zero-order valence-corrected chi connectivity index (χ0v) is 19.6. The number of rotatable bonds is 4. The summed E-state index contributed by atoms with van der Waals surface area (Å²) in [5, 5.41) is 2.75. The van der Waals surface area contributed by atoms with Gasteiger partial charge >= 0.3 is 0 Å². The summed E-state index contributed by atoms with van der Waals surface area (Å²) < 4.78 is 26.8. The van der Waals surface area contributed by atoms with E-state index in [1.807, 2.05) is 45.0 Å². The van der Waals surface area contributed by atoms with Crippen molar-refractivity contribution in [3.05, 3.63) is 64.0 Å². The summed E-state index contributed by atoms with van der Waals surface area (Å²) in [7, 11) is -3.33. The first-order valence-electron chi connectivity index (χ1n) is 10.4. The molecule has 0 saturated carbocycles. The number of sulfone groups is 1. The van der Waals surface area contributed by atoms with E-state index < -0.39 is 9.84 Å². The molecule has 2 aromatic carbocycles. The predicted octanol–water partition coefficient (Wildman–Crippen LogP) is 5.49. The summed E-state index contributed by atoms with van der Waals surface area (Å²) in [6.45, 7) is 9.35. The molecule has 0 unspecified atom stereocenters. The van der Waals surface area contributed by atoms with Gasteiger partial charge < -0.3 is 4.90 Å². The number of benzene rings is 2. The maximum absolute atomic E-state index is 13.4. The lowest BCUT2D eigenvalue weighted by molar-refractivity contribution is 0.528. The van der Waals surface area contributed by atoms with Crippen LogP contribution in [0.25, 0.3) is 11.3 Å². The van der Waals surface area contributed by atoms with Crippen LogP contribution in [-0.2, 0) is 9.84 Å². The van der Waals surface area contributed by atoms with Crippen molar-refractivity contribution >= 4 is 26.3 Å². The Morgan fingerprint density at radius 2 is 1.60 bits per heavy atom. The average molecular weight is 441 g/mol. The normalized spacial score (nSPS) is 15.5. The van der Waals surface area contributed by atoms with Crippen molar-refractivity contribution in [3.63, 3.8) is 0 Å². The number of thiazole rings is 1. The Hall–Kier alpha value is -2.18. The van der Waals surface area contributed by atoms with E-state index in [1.165, 1.54) is 5.56 Å². The van der Waals surface area contributed by atoms with Gasteiger partial charge in [0, 0.05) is 24.0 Å². The third kappa shape index (κ3) is 3.91. The Labute approximate surface area is 183 Å². The van der Waals surface area contributed by atoms with E-state index in [4.69, 9.17) is 4.98 Å². The Morgan fingerprint density at radius 3 is 2.23 bits per heavy atom. The fourth-order valence-electron chi connectivity index (χ4n) is 4.53. The van der Waals surface area contributed by atoms with Gasteiger partial charge in [-0.3, -0.25) is 0 Å². The molecule has 4 nitrogen and oxygen atoms in total. The van der Waals surface area contributed by atoms with Gasteiger partial charge in [-0.2, -0.15) is 0 Å². The fourth-order valence-corrected chi connectivity index (χ4v) is 7.59. The summed E-state index contributed by atoms with van der Waals surface area (Å²) in [6.07, 6.45) is 1.27. The molecule has 6 heteroatoms.